The zero-order valence-electron chi connectivity index (χ0n) is 11.6. The fourth-order valence-electron chi connectivity index (χ4n) is 2.32. The van der Waals surface area contributed by atoms with Crippen molar-refractivity contribution < 1.29 is 12.8 Å². The SMILES string of the molecule is CCN(CC1CC1)S(=O)(=O)c1c(C)oc(C)c1CCl. The average molecular weight is 306 g/mol. The van der Waals surface area contributed by atoms with E-state index in [4.69, 9.17) is 16.0 Å². The van der Waals surface area contributed by atoms with Gasteiger partial charge in [-0.2, -0.15) is 4.31 Å². The number of rotatable bonds is 6. The number of aryl methyl sites for hydroxylation is 2. The number of nitrogens with zero attached hydrogens (tertiary/aromatic N) is 1. The van der Waals surface area contributed by atoms with Gasteiger partial charge in [0.15, 0.2) is 0 Å². The molecule has 0 N–H and O–H groups in total. The van der Waals surface area contributed by atoms with E-state index in [-0.39, 0.29) is 10.8 Å². The summed E-state index contributed by atoms with van der Waals surface area (Å²) in [6.45, 7) is 6.37. The molecular formula is C13H20ClNO3S. The second kappa shape index (κ2) is 5.46. The summed E-state index contributed by atoms with van der Waals surface area (Å²) in [4.78, 5) is 0.266. The topological polar surface area (TPSA) is 50.5 Å². The third-order valence-corrected chi connectivity index (χ3v) is 5.97. The predicted octanol–water partition coefficient (Wildman–Crippen LogP) is 3.06. The molecule has 19 heavy (non-hydrogen) atoms. The summed E-state index contributed by atoms with van der Waals surface area (Å²) in [7, 11) is -3.50. The van der Waals surface area contributed by atoms with Gasteiger partial charge in [0.25, 0.3) is 0 Å². The van der Waals surface area contributed by atoms with Gasteiger partial charge in [0.2, 0.25) is 10.0 Å². The molecule has 1 aromatic heterocycles. The largest absolute Gasteiger partial charge is 0.465 e. The van der Waals surface area contributed by atoms with Gasteiger partial charge < -0.3 is 4.42 Å². The van der Waals surface area contributed by atoms with E-state index in [1.807, 2.05) is 6.92 Å². The zero-order valence-corrected chi connectivity index (χ0v) is 13.1. The Balaban J connectivity index is 2.42. The number of furan rings is 1. The fraction of sp³-hybridized carbons (Fsp3) is 0.692. The summed E-state index contributed by atoms with van der Waals surface area (Å²) in [6.07, 6.45) is 2.25. The quantitative estimate of drug-likeness (QED) is 0.759. The van der Waals surface area contributed by atoms with E-state index in [1.165, 1.54) is 4.31 Å². The van der Waals surface area contributed by atoms with Crippen molar-refractivity contribution in [3.8, 4) is 0 Å². The first-order valence-electron chi connectivity index (χ1n) is 6.56. The summed E-state index contributed by atoms with van der Waals surface area (Å²) >= 11 is 5.88. The minimum atomic E-state index is -3.50. The van der Waals surface area contributed by atoms with Crippen LogP contribution in [0.15, 0.2) is 9.31 Å². The van der Waals surface area contributed by atoms with Crippen LogP contribution in [0.5, 0.6) is 0 Å². The summed E-state index contributed by atoms with van der Waals surface area (Å²) in [5.41, 5.74) is 0.591. The van der Waals surface area contributed by atoms with Crippen LogP contribution in [0.4, 0.5) is 0 Å². The first kappa shape index (κ1) is 14.9. The number of sulfonamides is 1. The number of hydrogen-bond acceptors (Lipinski definition) is 3. The molecule has 0 atom stereocenters. The van der Waals surface area contributed by atoms with Crippen molar-refractivity contribution in [1.82, 2.24) is 4.31 Å². The summed E-state index contributed by atoms with van der Waals surface area (Å²) in [5, 5.41) is 0. The van der Waals surface area contributed by atoms with Crippen LogP contribution in [0, 0.1) is 19.8 Å². The molecule has 108 valence electrons. The van der Waals surface area contributed by atoms with Crippen LogP contribution < -0.4 is 0 Å². The monoisotopic (exact) mass is 305 g/mol. The lowest BCUT2D eigenvalue weighted by atomic mass is 10.3. The Hall–Kier alpha value is -0.520. The first-order valence-corrected chi connectivity index (χ1v) is 8.54. The highest BCUT2D eigenvalue weighted by Crippen LogP contribution is 2.34. The molecule has 1 aliphatic carbocycles. The van der Waals surface area contributed by atoms with Gasteiger partial charge in [-0.3, -0.25) is 0 Å². The van der Waals surface area contributed by atoms with Gasteiger partial charge in [-0.15, -0.1) is 11.6 Å². The molecular weight excluding hydrogens is 286 g/mol. The van der Waals surface area contributed by atoms with Crippen molar-refractivity contribution in [3.05, 3.63) is 17.1 Å². The molecule has 0 bridgehead atoms. The van der Waals surface area contributed by atoms with Crippen molar-refractivity contribution in [2.75, 3.05) is 13.1 Å². The second-order valence-electron chi connectivity index (χ2n) is 5.05. The maximum absolute atomic E-state index is 12.7. The Morgan fingerprint density at radius 3 is 2.42 bits per heavy atom. The van der Waals surface area contributed by atoms with E-state index in [9.17, 15) is 8.42 Å². The molecule has 4 nitrogen and oxygen atoms in total. The lowest BCUT2D eigenvalue weighted by Gasteiger charge is -2.20. The normalized spacial score (nSPS) is 16.3. The number of halogens is 1. The molecule has 1 saturated carbocycles. The molecule has 2 rings (SSSR count). The van der Waals surface area contributed by atoms with Gasteiger partial charge in [0, 0.05) is 18.7 Å². The van der Waals surface area contributed by atoms with Crippen molar-refractivity contribution in [2.24, 2.45) is 5.92 Å². The average Bonchev–Trinajstić information content (AvgIpc) is 3.10. The van der Waals surface area contributed by atoms with E-state index in [0.717, 1.165) is 12.8 Å². The van der Waals surface area contributed by atoms with Gasteiger partial charge >= 0.3 is 0 Å². The van der Waals surface area contributed by atoms with E-state index in [2.05, 4.69) is 0 Å². The van der Waals surface area contributed by atoms with Crippen LogP contribution in [0.25, 0.3) is 0 Å². The Bertz CT molecular complexity index is 561. The van der Waals surface area contributed by atoms with Gasteiger partial charge in [-0.25, -0.2) is 8.42 Å². The molecule has 0 unspecified atom stereocenters. The molecule has 1 aliphatic rings. The molecule has 0 amide bonds. The Kier molecular flexibility index (Phi) is 4.28. The third kappa shape index (κ3) is 2.83. The van der Waals surface area contributed by atoms with Crippen molar-refractivity contribution in [3.63, 3.8) is 0 Å². The lowest BCUT2D eigenvalue weighted by Crippen LogP contribution is -2.33. The maximum Gasteiger partial charge on any atom is 0.246 e. The standard InChI is InChI=1S/C13H20ClNO3S/c1-4-15(8-11-5-6-11)19(16,17)13-10(3)18-9(2)12(13)7-14/h11H,4-8H2,1-3H3. The van der Waals surface area contributed by atoms with Crippen molar-refractivity contribution in [1.29, 1.82) is 0 Å². The molecule has 1 aromatic rings. The van der Waals surface area contributed by atoms with Crippen molar-refractivity contribution in [2.45, 2.75) is 44.4 Å². The van der Waals surface area contributed by atoms with E-state index >= 15 is 0 Å². The summed E-state index contributed by atoms with van der Waals surface area (Å²) < 4.78 is 32.5. The fourth-order valence-corrected chi connectivity index (χ4v) is 4.66. The third-order valence-electron chi connectivity index (χ3n) is 3.57. The van der Waals surface area contributed by atoms with Crippen LogP contribution in [0.3, 0.4) is 0 Å². The van der Waals surface area contributed by atoms with Gasteiger partial charge in [-0.1, -0.05) is 6.92 Å². The highest BCUT2D eigenvalue weighted by molar-refractivity contribution is 7.89. The number of alkyl halides is 1. The minimum Gasteiger partial charge on any atom is -0.465 e. The van der Waals surface area contributed by atoms with Crippen molar-refractivity contribution >= 4 is 21.6 Å². The van der Waals surface area contributed by atoms with Gasteiger partial charge in [0.05, 0.1) is 5.88 Å². The van der Waals surface area contributed by atoms with Crippen LogP contribution in [0.2, 0.25) is 0 Å². The lowest BCUT2D eigenvalue weighted by molar-refractivity contribution is 0.409. The highest BCUT2D eigenvalue weighted by atomic mass is 35.5. The maximum atomic E-state index is 12.7. The molecule has 0 aromatic carbocycles. The Morgan fingerprint density at radius 2 is 1.95 bits per heavy atom. The Morgan fingerprint density at radius 1 is 1.32 bits per heavy atom. The van der Waals surface area contributed by atoms with Gasteiger partial charge in [-0.05, 0) is 32.6 Å². The second-order valence-corrected chi connectivity index (χ2v) is 7.20. The smallest absolute Gasteiger partial charge is 0.246 e. The summed E-state index contributed by atoms with van der Waals surface area (Å²) in [6, 6.07) is 0. The van der Waals surface area contributed by atoms with Crippen LogP contribution >= 0.6 is 11.6 Å². The molecule has 1 heterocycles. The first-order chi connectivity index (χ1) is 8.91. The van der Waals surface area contributed by atoms with E-state index in [1.54, 1.807) is 13.8 Å². The van der Waals surface area contributed by atoms with Crippen LogP contribution in [0.1, 0.15) is 36.8 Å². The number of hydrogen-bond donors (Lipinski definition) is 0. The van der Waals surface area contributed by atoms with Gasteiger partial charge in [0.1, 0.15) is 16.4 Å². The summed E-state index contributed by atoms with van der Waals surface area (Å²) in [5.74, 6) is 1.69. The predicted molar refractivity (Wildman–Crippen MR) is 74.9 cm³/mol. The van der Waals surface area contributed by atoms with Crippen LogP contribution in [-0.4, -0.2) is 25.8 Å². The molecule has 0 radical (unpaired) electrons. The zero-order chi connectivity index (χ0) is 14.2. The molecule has 0 spiro atoms. The highest BCUT2D eigenvalue weighted by Gasteiger charge is 2.34. The molecule has 1 fully saturated rings. The van der Waals surface area contributed by atoms with E-state index < -0.39 is 10.0 Å². The van der Waals surface area contributed by atoms with Crippen LogP contribution in [-0.2, 0) is 15.9 Å². The molecule has 0 saturated heterocycles. The molecule has 0 aliphatic heterocycles. The minimum absolute atomic E-state index is 0.152. The Labute approximate surface area is 119 Å². The molecule has 6 heteroatoms. The van der Waals surface area contributed by atoms with E-state index in [0.29, 0.717) is 36.1 Å².